The Morgan fingerprint density at radius 1 is 1.08 bits per heavy atom. The lowest BCUT2D eigenvalue weighted by molar-refractivity contribution is -0.0176. The Labute approximate surface area is 206 Å². The molecular weight excluding hydrogens is 466 g/mol. The number of ether oxygens (including phenoxy) is 1. The molecule has 5 heterocycles. The number of morpholine rings is 1. The van der Waals surface area contributed by atoms with Crippen molar-refractivity contribution in [2.45, 2.75) is 39.4 Å². The van der Waals surface area contributed by atoms with Crippen LogP contribution < -0.4 is 10.5 Å². The Hall–Kier alpha value is -3.79. The van der Waals surface area contributed by atoms with Gasteiger partial charge in [0.25, 0.3) is 12.0 Å². The summed E-state index contributed by atoms with van der Waals surface area (Å²) < 4.78 is 33.9. The molecule has 1 aliphatic heterocycles. The van der Waals surface area contributed by atoms with Crippen LogP contribution in [-0.2, 0) is 11.8 Å². The number of halogens is 2. The van der Waals surface area contributed by atoms with Gasteiger partial charge in [0, 0.05) is 43.8 Å². The van der Waals surface area contributed by atoms with Gasteiger partial charge in [0.2, 0.25) is 0 Å². The van der Waals surface area contributed by atoms with E-state index in [2.05, 4.69) is 19.9 Å². The molecule has 4 aromatic heterocycles. The molecule has 2 atom stereocenters. The van der Waals surface area contributed by atoms with Crippen LogP contribution in [-0.4, -0.2) is 43.7 Å². The number of hydrogen-bond acceptors (Lipinski definition) is 7. The molecule has 0 spiro atoms. The normalized spacial score (nSPS) is 18.2. The van der Waals surface area contributed by atoms with Crippen molar-refractivity contribution in [2.75, 3.05) is 18.0 Å². The molecule has 5 rings (SSSR count). The van der Waals surface area contributed by atoms with E-state index in [4.69, 9.17) is 9.72 Å². The van der Waals surface area contributed by atoms with E-state index in [0.717, 1.165) is 11.3 Å². The smallest absolute Gasteiger partial charge is 0.280 e. The number of pyridine rings is 3. The molecule has 0 amide bonds. The van der Waals surface area contributed by atoms with Gasteiger partial charge in [-0.05, 0) is 56.7 Å². The molecule has 1 aliphatic rings. The fraction of sp³-hybridized carbons (Fsp3) is 0.346. The van der Waals surface area contributed by atoms with Gasteiger partial charge in [-0.2, -0.15) is 0 Å². The van der Waals surface area contributed by atoms with Crippen LogP contribution in [0.25, 0.3) is 22.2 Å². The molecule has 0 bridgehead atoms. The molecule has 1 saturated heterocycles. The number of anilines is 1. The minimum Gasteiger partial charge on any atom is -0.367 e. The van der Waals surface area contributed by atoms with E-state index in [0.29, 0.717) is 46.9 Å². The summed E-state index contributed by atoms with van der Waals surface area (Å²) in [4.78, 5) is 33.0. The molecule has 0 radical (unpaired) electrons. The minimum absolute atomic E-state index is 0.0934. The highest BCUT2D eigenvalue weighted by atomic mass is 19.3. The molecule has 4 aromatic rings. The summed E-state index contributed by atoms with van der Waals surface area (Å²) in [5.74, 6) is 1.11. The van der Waals surface area contributed by atoms with Crippen molar-refractivity contribution >= 4 is 16.7 Å². The molecular formula is C26H26F2N6O2. The molecule has 8 nitrogen and oxygen atoms in total. The first-order chi connectivity index (χ1) is 17.2. The molecule has 1 fully saturated rings. The summed E-state index contributed by atoms with van der Waals surface area (Å²) >= 11 is 0. The van der Waals surface area contributed by atoms with E-state index in [-0.39, 0.29) is 23.5 Å². The SMILES string of the molecule is Cc1cc([C@@H]2CN(c3cc4c(=O)n(C)c(C)nc4c(-c4ccc(C(F)F)nc4)n3)C[C@H](C)O2)ccn1. The maximum absolute atomic E-state index is 13.2. The quantitative estimate of drug-likeness (QED) is 0.420. The van der Waals surface area contributed by atoms with Gasteiger partial charge in [-0.25, -0.2) is 18.7 Å². The second-order valence-corrected chi connectivity index (χ2v) is 9.09. The number of hydrogen-bond donors (Lipinski definition) is 0. The molecule has 0 aromatic carbocycles. The zero-order chi connectivity index (χ0) is 25.6. The monoisotopic (exact) mass is 492 g/mol. The first kappa shape index (κ1) is 23.9. The number of aryl methyl sites for hydroxylation is 2. The highest BCUT2D eigenvalue weighted by Gasteiger charge is 2.29. The fourth-order valence-corrected chi connectivity index (χ4v) is 4.49. The van der Waals surface area contributed by atoms with Crippen LogP contribution in [0.2, 0.25) is 0 Å². The van der Waals surface area contributed by atoms with Gasteiger partial charge in [-0.3, -0.25) is 19.3 Å². The van der Waals surface area contributed by atoms with Gasteiger partial charge in [0.05, 0.1) is 11.5 Å². The van der Waals surface area contributed by atoms with Gasteiger partial charge in [-0.15, -0.1) is 0 Å². The number of rotatable bonds is 4. The van der Waals surface area contributed by atoms with Crippen molar-refractivity contribution in [2.24, 2.45) is 7.05 Å². The molecule has 186 valence electrons. The summed E-state index contributed by atoms with van der Waals surface area (Å²) in [5.41, 5.74) is 2.73. The minimum atomic E-state index is -2.67. The fourth-order valence-electron chi connectivity index (χ4n) is 4.49. The first-order valence-corrected chi connectivity index (χ1v) is 11.7. The van der Waals surface area contributed by atoms with E-state index >= 15 is 0 Å². The second-order valence-electron chi connectivity index (χ2n) is 9.09. The summed E-state index contributed by atoms with van der Waals surface area (Å²) in [6.07, 6.45) is 0.141. The number of fused-ring (bicyclic) bond motifs is 1. The Morgan fingerprint density at radius 3 is 2.58 bits per heavy atom. The Bertz CT molecular complexity index is 1490. The molecule has 36 heavy (non-hydrogen) atoms. The van der Waals surface area contributed by atoms with Crippen molar-refractivity contribution in [3.05, 3.63) is 75.9 Å². The predicted octanol–water partition coefficient (Wildman–Crippen LogP) is 4.31. The first-order valence-electron chi connectivity index (χ1n) is 11.7. The average Bonchev–Trinajstić information content (AvgIpc) is 2.86. The van der Waals surface area contributed by atoms with Crippen LogP contribution in [0, 0.1) is 13.8 Å². The number of aromatic nitrogens is 5. The maximum atomic E-state index is 13.2. The second kappa shape index (κ2) is 9.34. The molecule has 0 N–H and O–H groups in total. The van der Waals surface area contributed by atoms with Gasteiger partial charge in [-0.1, -0.05) is 0 Å². The zero-order valence-electron chi connectivity index (χ0n) is 20.4. The lowest BCUT2D eigenvalue weighted by atomic mass is 10.1. The van der Waals surface area contributed by atoms with Crippen molar-refractivity contribution in [3.8, 4) is 11.3 Å². The molecule has 0 aliphatic carbocycles. The molecule has 10 heteroatoms. The number of alkyl halides is 2. The Balaban J connectivity index is 1.64. The van der Waals surface area contributed by atoms with Crippen LogP contribution in [0.1, 0.15) is 42.2 Å². The third-order valence-electron chi connectivity index (χ3n) is 6.43. The van der Waals surface area contributed by atoms with Gasteiger partial charge in [0.1, 0.15) is 34.7 Å². The van der Waals surface area contributed by atoms with Gasteiger partial charge < -0.3 is 9.64 Å². The lowest BCUT2D eigenvalue weighted by Gasteiger charge is -2.38. The third-order valence-corrected chi connectivity index (χ3v) is 6.43. The van der Waals surface area contributed by atoms with Gasteiger partial charge in [0.15, 0.2) is 0 Å². The summed E-state index contributed by atoms with van der Waals surface area (Å²) in [7, 11) is 1.67. The van der Waals surface area contributed by atoms with E-state index in [1.165, 1.54) is 16.8 Å². The van der Waals surface area contributed by atoms with E-state index in [1.807, 2.05) is 26.0 Å². The standard InChI is InChI=1S/C26H26F2N6O2/c1-14-9-17(7-8-29-14)21-13-34(12-15(2)36-21)22-10-19-24(31-16(3)33(4)26(19)35)23(32-22)18-5-6-20(25(27)28)30-11-18/h5-11,15,21,25H,12-13H2,1-4H3/t15-,21-/m0/s1. The largest absolute Gasteiger partial charge is 0.367 e. The predicted molar refractivity (Wildman–Crippen MR) is 132 cm³/mol. The zero-order valence-corrected chi connectivity index (χ0v) is 20.4. The van der Waals surface area contributed by atoms with E-state index < -0.39 is 6.43 Å². The summed E-state index contributed by atoms with van der Waals surface area (Å²) in [6.45, 7) is 6.76. The topological polar surface area (TPSA) is 86.0 Å². The third kappa shape index (κ3) is 4.44. The van der Waals surface area contributed by atoms with Crippen molar-refractivity contribution in [1.29, 1.82) is 0 Å². The van der Waals surface area contributed by atoms with Crippen LogP contribution in [0.5, 0.6) is 0 Å². The average molecular weight is 493 g/mol. The van der Waals surface area contributed by atoms with Crippen molar-refractivity contribution < 1.29 is 13.5 Å². The summed E-state index contributed by atoms with van der Waals surface area (Å²) in [6, 6.07) is 8.50. The lowest BCUT2D eigenvalue weighted by Crippen LogP contribution is -2.43. The Morgan fingerprint density at radius 2 is 1.89 bits per heavy atom. The van der Waals surface area contributed by atoms with Crippen molar-refractivity contribution in [1.82, 2.24) is 24.5 Å². The molecule has 0 saturated carbocycles. The highest BCUT2D eigenvalue weighted by molar-refractivity contribution is 5.92. The highest BCUT2D eigenvalue weighted by Crippen LogP contribution is 2.32. The Kier molecular flexibility index (Phi) is 6.21. The van der Waals surface area contributed by atoms with Crippen LogP contribution >= 0.6 is 0 Å². The van der Waals surface area contributed by atoms with Crippen molar-refractivity contribution in [3.63, 3.8) is 0 Å². The number of nitrogens with zero attached hydrogens (tertiary/aromatic N) is 6. The van der Waals surface area contributed by atoms with Crippen LogP contribution in [0.3, 0.4) is 0 Å². The van der Waals surface area contributed by atoms with Crippen LogP contribution in [0.15, 0.2) is 47.5 Å². The van der Waals surface area contributed by atoms with E-state index in [1.54, 1.807) is 32.3 Å². The van der Waals surface area contributed by atoms with Crippen LogP contribution in [0.4, 0.5) is 14.6 Å². The van der Waals surface area contributed by atoms with E-state index in [9.17, 15) is 13.6 Å². The maximum Gasteiger partial charge on any atom is 0.280 e. The van der Waals surface area contributed by atoms with Gasteiger partial charge >= 0.3 is 0 Å². The summed E-state index contributed by atoms with van der Waals surface area (Å²) in [5, 5.41) is 0.400. The molecule has 0 unspecified atom stereocenters.